The van der Waals surface area contributed by atoms with Crippen molar-refractivity contribution in [1.82, 2.24) is 4.31 Å². The molecule has 1 aliphatic heterocycles. The zero-order valence-corrected chi connectivity index (χ0v) is 14.0. The molecular weight excluding hydrogens is 332 g/mol. The van der Waals surface area contributed by atoms with E-state index >= 15 is 0 Å². The number of nitrogens with one attached hydrogen (secondary N) is 1. The molecule has 2 aromatic rings. The summed E-state index contributed by atoms with van der Waals surface area (Å²) in [5, 5.41) is 2.68. The van der Waals surface area contributed by atoms with E-state index in [1.165, 1.54) is 26.2 Å². The lowest BCUT2D eigenvalue weighted by Gasteiger charge is -2.12. The van der Waals surface area contributed by atoms with Crippen LogP contribution in [0.15, 0.2) is 47.4 Å². The summed E-state index contributed by atoms with van der Waals surface area (Å²) in [6, 6.07) is 10.9. The molecule has 126 valence electrons. The normalized spacial score (nSPS) is 13.1. The van der Waals surface area contributed by atoms with E-state index in [9.17, 15) is 13.2 Å². The highest BCUT2D eigenvalue weighted by Gasteiger charge is 2.19. The van der Waals surface area contributed by atoms with Crippen LogP contribution in [0.25, 0.3) is 0 Å². The Bertz CT molecular complexity index is 893. The number of sulfonamides is 1. The molecule has 0 unspecified atom stereocenters. The largest absolute Gasteiger partial charge is 0.454 e. The predicted molar refractivity (Wildman–Crippen MR) is 87.8 cm³/mol. The number of hydrogen-bond donors (Lipinski definition) is 1. The van der Waals surface area contributed by atoms with Crippen molar-refractivity contribution in [3.8, 4) is 11.5 Å². The molecule has 7 nitrogen and oxygen atoms in total. The third-order valence-corrected chi connectivity index (χ3v) is 5.32. The number of ether oxygens (including phenoxy) is 2. The zero-order chi connectivity index (χ0) is 17.3. The van der Waals surface area contributed by atoms with Crippen LogP contribution in [0.1, 0.15) is 10.4 Å². The van der Waals surface area contributed by atoms with Crippen LogP contribution in [0.4, 0.5) is 5.69 Å². The molecule has 0 fully saturated rings. The smallest absolute Gasteiger partial charge is 0.255 e. The van der Waals surface area contributed by atoms with Gasteiger partial charge in [-0.05, 0) is 36.4 Å². The number of anilines is 1. The number of carbonyl (C=O) groups is 1. The van der Waals surface area contributed by atoms with E-state index in [0.717, 1.165) is 4.31 Å². The summed E-state index contributed by atoms with van der Waals surface area (Å²) in [5.74, 6) is 0.727. The van der Waals surface area contributed by atoms with E-state index in [0.29, 0.717) is 22.7 Å². The van der Waals surface area contributed by atoms with Gasteiger partial charge in [0, 0.05) is 25.3 Å². The lowest BCUT2D eigenvalue weighted by Crippen LogP contribution is -2.22. The van der Waals surface area contributed by atoms with Gasteiger partial charge in [0.15, 0.2) is 11.5 Å². The van der Waals surface area contributed by atoms with Crippen molar-refractivity contribution in [3.63, 3.8) is 0 Å². The second kappa shape index (κ2) is 6.14. The third-order valence-electron chi connectivity index (χ3n) is 3.51. The summed E-state index contributed by atoms with van der Waals surface area (Å²) in [7, 11) is -0.659. The minimum atomic E-state index is -3.56. The Kier molecular flexibility index (Phi) is 4.16. The van der Waals surface area contributed by atoms with Crippen molar-refractivity contribution >= 4 is 21.6 Å². The predicted octanol–water partition coefficient (Wildman–Crippen LogP) is 1.92. The van der Waals surface area contributed by atoms with Crippen molar-refractivity contribution in [3.05, 3.63) is 48.0 Å². The lowest BCUT2D eigenvalue weighted by atomic mass is 10.2. The second-order valence-corrected chi connectivity index (χ2v) is 7.49. The molecule has 0 aliphatic carbocycles. The topological polar surface area (TPSA) is 84.9 Å². The summed E-state index contributed by atoms with van der Waals surface area (Å²) < 4.78 is 35.9. The number of hydrogen-bond acceptors (Lipinski definition) is 5. The Hall–Kier alpha value is -2.58. The van der Waals surface area contributed by atoms with Crippen LogP contribution < -0.4 is 14.8 Å². The molecule has 2 aromatic carbocycles. The fourth-order valence-corrected chi connectivity index (χ4v) is 3.13. The minimum absolute atomic E-state index is 0.107. The van der Waals surface area contributed by atoms with Crippen LogP contribution in [0, 0.1) is 0 Å². The van der Waals surface area contributed by atoms with Gasteiger partial charge in [0.05, 0.1) is 4.90 Å². The fourth-order valence-electron chi connectivity index (χ4n) is 2.19. The van der Waals surface area contributed by atoms with Gasteiger partial charge in [0.25, 0.3) is 5.91 Å². The molecule has 1 aliphatic rings. The number of benzene rings is 2. The molecule has 0 radical (unpaired) electrons. The molecule has 0 spiro atoms. The molecule has 3 rings (SSSR count). The summed E-state index contributed by atoms with van der Waals surface area (Å²) in [4.78, 5) is 12.4. The first kappa shape index (κ1) is 16.3. The van der Waals surface area contributed by atoms with E-state index in [1.54, 1.807) is 30.3 Å². The molecule has 0 aromatic heterocycles. The number of rotatable bonds is 4. The van der Waals surface area contributed by atoms with E-state index in [-0.39, 0.29) is 17.6 Å². The molecule has 0 saturated heterocycles. The molecule has 0 atom stereocenters. The molecule has 1 heterocycles. The first-order chi connectivity index (χ1) is 11.4. The SMILES string of the molecule is CN(C)S(=O)(=O)c1cccc(NC(=O)c2ccc3c(c2)OCO3)c1. The maximum absolute atomic E-state index is 12.3. The molecular formula is C16H16N2O5S. The first-order valence-electron chi connectivity index (χ1n) is 7.11. The van der Waals surface area contributed by atoms with Crippen LogP contribution in [0.3, 0.4) is 0 Å². The van der Waals surface area contributed by atoms with E-state index in [2.05, 4.69) is 5.32 Å². The first-order valence-corrected chi connectivity index (χ1v) is 8.55. The lowest BCUT2D eigenvalue weighted by molar-refractivity contribution is 0.102. The highest BCUT2D eigenvalue weighted by atomic mass is 32.2. The zero-order valence-electron chi connectivity index (χ0n) is 13.1. The Morgan fingerprint density at radius 2 is 1.83 bits per heavy atom. The Morgan fingerprint density at radius 1 is 1.08 bits per heavy atom. The van der Waals surface area contributed by atoms with Crippen LogP contribution in [0.5, 0.6) is 11.5 Å². The van der Waals surface area contributed by atoms with Gasteiger partial charge < -0.3 is 14.8 Å². The summed E-state index contributed by atoms with van der Waals surface area (Å²) in [5.41, 5.74) is 0.778. The molecule has 1 N–H and O–H groups in total. The van der Waals surface area contributed by atoms with Crippen molar-refractivity contribution in [2.45, 2.75) is 4.90 Å². The molecule has 8 heteroatoms. The van der Waals surface area contributed by atoms with Gasteiger partial charge in [-0.25, -0.2) is 12.7 Å². The minimum Gasteiger partial charge on any atom is -0.454 e. The van der Waals surface area contributed by atoms with E-state index in [4.69, 9.17) is 9.47 Å². The third kappa shape index (κ3) is 3.06. The van der Waals surface area contributed by atoms with Gasteiger partial charge in [0.2, 0.25) is 16.8 Å². The summed E-state index contributed by atoms with van der Waals surface area (Å²) >= 11 is 0. The number of amides is 1. The fraction of sp³-hybridized carbons (Fsp3) is 0.188. The Balaban J connectivity index is 1.83. The average Bonchev–Trinajstić information content (AvgIpc) is 3.02. The Morgan fingerprint density at radius 3 is 2.58 bits per heavy atom. The Labute approximate surface area is 139 Å². The highest BCUT2D eigenvalue weighted by Crippen LogP contribution is 2.32. The van der Waals surface area contributed by atoms with Crippen molar-refractivity contribution < 1.29 is 22.7 Å². The van der Waals surface area contributed by atoms with E-state index in [1.807, 2.05) is 0 Å². The molecule has 1 amide bonds. The van der Waals surface area contributed by atoms with Gasteiger partial charge >= 0.3 is 0 Å². The maximum atomic E-state index is 12.3. The van der Waals surface area contributed by atoms with E-state index < -0.39 is 10.0 Å². The van der Waals surface area contributed by atoms with Gasteiger partial charge in [-0.3, -0.25) is 4.79 Å². The standard InChI is InChI=1S/C16H16N2O5S/c1-18(2)24(20,21)13-5-3-4-12(9-13)17-16(19)11-6-7-14-15(8-11)23-10-22-14/h3-9H,10H2,1-2H3,(H,17,19). The molecule has 24 heavy (non-hydrogen) atoms. The van der Waals surface area contributed by atoms with Crippen molar-refractivity contribution in [2.24, 2.45) is 0 Å². The number of nitrogens with zero attached hydrogens (tertiary/aromatic N) is 1. The van der Waals surface area contributed by atoms with Crippen LogP contribution in [-0.4, -0.2) is 39.5 Å². The summed E-state index contributed by atoms with van der Waals surface area (Å²) in [6.45, 7) is 0.130. The maximum Gasteiger partial charge on any atom is 0.255 e. The average molecular weight is 348 g/mol. The quantitative estimate of drug-likeness (QED) is 0.912. The van der Waals surface area contributed by atoms with Gasteiger partial charge in [-0.1, -0.05) is 6.07 Å². The highest BCUT2D eigenvalue weighted by molar-refractivity contribution is 7.89. The van der Waals surface area contributed by atoms with Gasteiger partial charge in [-0.2, -0.15) is 0 Å². The second-order valence-electron chi connectivity index (χ2n) is 5.34. The van der Waals surface area contributed by atoms with Crippen molar-refractivity contribution in [2.75, 3.05) is 26.2 Å². The number of fused-ring (bicyclic) bond motifs is 1. The van der Waals surface area contributed by atoms with Gasteiger partial charge in [-0.15, -0.1) is 0 Å². The van der Waals surface area contributed by atoms with Crippen LogP contribution in [0.2, 0.25) is 0 Å². The van der Waals surface area contributed by atoms with Crippen LogP contribution >= 0.6 is 0 Å². The monoisotopic (exact) mass is 348 g/mol. The van der Waals surface area contributed by atoms with Crippen LogP contribution in [-0.2, 0) is 10.0 Å². The molecule has 0 bridgehead atoms. The summed E-state index contributed by atoms with van der Waals surface area (Å²) in [6.07, 6.45) is 0. The number of carbonyl (C=O) groups excluding carboxylic acids is 1. The molecule has 0 saturated carbocycles. The van der Waals surface area contributed by atoms with Gasteiger partial charge in [0.1, 0.15) is 0 Å². The van der Waals surface area contributed by atoms with Crippen molar-refractivity contribution in [1.29, 1.82) is 0 Å².